The number of aromatic nitrogens is 1. The summed E-state index contributed by atoms with van der Waals surface area (Å²) in [5.74, 6) is 0.177. The van der Waals surface area contributed by atoms with E-state index in [1.165, 1.54) is 5.56 Å². The number of hydrogen-bond donors (Lipinski definition) is 0. The third-order valence-electron chi connectivity index (χ3n) is 4.70. The SMILES string of the molecule is CC1(C(=O)N2CCCN(Cc3ccncc3)CC2)CCCO1. The molecule has 0 aliphatic carbocycles. The Balaban J connectivity index is 1.57. The highest BCUT2D eigenvalue weighted by molar-refractivity contribution is 5.85. The number of rotatable bonds is 3. The van der Waals surface area contributed by atoms with Crippen molar-refractivity contribution in [3.63, 3.8) is 0 Å². The van der Waals surface area contributed by atoms with Crippen LogP contribution in [-0.2, 0) is 16.1 Å². The molecular formula is C17H25N3O2. The van der Waals surface area contributed by atoms with Gasteiger partial charge in [-0.25, -0.2) is 0 Å². The highest BCUT2D eigenvalue weighted by atomic mass is 16.5. The zero-order valence-corrected chi connectivity index (χ0v) is 13.3. The van der Waals surface area contributed by atoms with Gasteiger partial charge in [0, 0.05) is 51.7 Å². The molecule has 0 aromatic carbocycles. The number of hydrogen-bond acceptors (Lipinski definition) is 4. The van der Waals surface area contributed by atoms with Gasteiger partial charge in [0.25, 0.3) is 5.91 Å². The summed E-state index contributed by atoms with van der Waals surface area (Å²) in [4.78, 5) is 21.2. The summed E-state index contributed by atoms with van der Waals surface area (Å²) in [5, 5.41) is 0. The second kappa shape index (κ2) is 6.75. The summed E-state index contributed by atoms with van der Waals surface area (Å²) in [6.07, 6.45) is 6.53. The molecule has 0 radical (unpaired) electrons. The average molecular weight is 303 g/mol. The first-order valence-electron chi connectivity index (χ1n) is 8.22. The van der Waals surface area contributed by atoms with Crippen molar-refractivity contribution in [1.29, 1.82) is 0 Å². The van der Waals surface area contributed by atoms with Crippen molar-refractivity contribution in [1.82, 2.24) is 14.8 Å². The lowest BCUT2D eigenvalue weighted by atomic mass is 10.0. The lowest BCUT2D eigenvalue weighted by molar-refractivity contribution is -0.150. The Morgan fingerprint density at radius 3 is 2.77 bits per heavy atom. The third-order valence-corrected chi connectivity index (χ3v) is 4.70. The highest BCUT2D eigenvalue weighted by Gasteiger charge is 2.40. The molecule has 1 unspecified atom stereocenters. The van der Waals surface area contributed by atoms with Crippen LogP contribution in [0.3, 0.4) is 0 Å². The van der Waals surface area contributed by atoms with Gasteiger partial charge in [-0.2, -0.15) is 0 Å². The number of nitrogens with zero attached hydrogens (tertiary/aromatic N) is 3. The summed E-state index contributed by atoms with van der Waals surface area (Å²) in [5.41, 5.74) is 0.696. The Hall–Kier alpha value is -1.46. The Morgan fingerprint density at radius 2 is 2.05 bits per heavy atom. The number of amides is 1. The Labute approximate surface area is 132 Å². The fourth-order valence-electron chi connectivity index (χ4n) is 3.36. The van der Waals surface area contributed by atoms with E-state index in [1.54, 1.807) is 0 Å². The summed E-state index contributed by atoms with van der Waals surface area (Å²) in [7, 11) is 0. The van der Waals surface area contributed by atoms with Gasteiger partial charge in [0.1, 0.15) is 5.60 Å². The van der Waals surface area contributed by atoms with Crippen molar-refractivity contribution in [2.24, 2.45) is 0 Å². The van der Waals surface area contributed by atoms with E-state index in [2.05, 4.69) is 22.0 Å². The van der Waals surface area contributed by atoms with Crippen molar-refractivity contribution in [3.05, 3.63) is 30.1 Å². The van der Waals surface area contributed by atoms with Gasteiger partial charge in [0.15, 0.2) is 0 Å². The van der Waals surface area contributed by atoms with Gasteiger partial charge in [0.2, 0.25) is 0 Å². The normalized spacial score (nSPS) is 26.9. The van der Waals surface area contributed by atoms with Crippen LogP contribution in [0.2, 0.25) is 0 Å². The van der Waals surface area contributed by atoms with E-state index in [0.29, 0.717) is 6.61 Å². The molecule has 5 nitrogen and oxygen atoms in total. The Bertz CT molecular complexity index is 500. The second-order valence-corrected chi connectivity index (χ2v) is 6.46. The Kier molecular flexibility index (Phi) is 4.74. The molecule has 3 rings (SSSR count). The molecule has 1 aromatic heterocycles. The molecule has 1 atom stereocenters. The van der Waals surface area contributed by atoms with Crippen LogP contribution in [0.5, 0.6) is 0 Å². The smallest absolute Gasteiger partial charge is 0.254 e. The molecule has 2 aliphatic rings. The molecule has 22 heavy (non-hydrogen) atoms. The van der Waals surface area contributed by atoms with Gasteiger partial charge in [-0.05, 0) is 43.9 Å². The predicted molar refractivity (Wildman–Crippen MR) is 84.3 cm³/mol. The van der Waals surface area contributed by atoms with Crippen LogP contribution in [0.15, 0.2) is 24.5 Å². The first-order chi connectivity index (χ1) is 10.7. The molecule has 2 saturated heterocycles. The topological polar surface area (TPSA) is 45.7 Å². The van der Waals surface area contributed by atoms with Gasteiger partial charge in [-0.1, -0.05) is 0 Å². The summed E-state index contributed by atoms with van der Waals surface area (Å²) in [6.45, 7) is 7.17. The lowest BCUT2D eigenvalue weighted by Gasteiger charge is -2.30. The van der Waals surface area contributed by atoms with E-state index in [1.807, 2.05) is 24.2 Å². The summed E-state index contributed by atoms with van der Waals surface area (Å²) >= 11 is 0. The molecule has 3 heterocycles. The maximum Gasteiger partial charge on any atom is 0.254 e. The van der Waals surface area contributed by atoms with E-state index >= 15 is 0 Å². The molecule has 0 spiro atoms. The molecule has 2 aliphatic heterocycles. The minimum absolute atomic E-state index is 0.177. The molecule has 120 valence electrons. The van der Waals surface area contributed by atoms with E-state index in [-0.39, 0.29) is 5.91 Å². The number of pyridine rings is 1. The first kappa shape index (κ1) is 15.4. The second-order valence-electron chi connectivity index (χ2n) is 6.46. The number of carbonyl (C=O) groups excluding carboxylic acids is 1. The minimum Gasteiger partial charge on any atom is -0.365 e. The maximum absolute atomic E-state index is 12.7. The van der Waals surface area contributed by atoms with Gasteiger partial charge < -0.3 is 9.64 Å². The summed E-state index contributed by atoms with van der Waals surface area (Å²) in [6, 6.07) is 4.11. The first-order valence-corrected chi connectivity index (χ1v) is 8.22. The van der Waals surface area contributed by atoms with E-state index < -0.39 is 5.60 Å². The molecule has 1 amide bonds. The van der Waals surface area contributed by atoms with Crippen LogP contribution in [-0.4, -0.2) is 59.1 Å². The van der Waals surface area contributed by atoms with Gasteiger partial charge in [-0.15, -0.1) is 0 Å². The lowest BCUT2D eigenvalue weighted by Crippen LogP contribution is -2.48. The fraction of sp³-hybridized carbons (Fsp3) is 0.647. The minimum atomic E-state index is -0.583. The van der Waals surface area contributed by atoms with E-state index in [4.69, 9.17) is 4.74 Å². The van der Waals surface area contributed by atoms with Crippen LogP contribution in [0.1, 0.15) is 31.7 Å². The molecule has 0 bridgehead atoms. The molecule has 1 aromatic rings. The maximum atomic E-state index is 12.7. The standard InChI is InChI=1S/C17H25N3O2/c1-17(6-2-13-22-17)16(21)20-10-3-9-19(11-12-20)14-15-4-7-18-8-5-15/h4-5,7-8H,2-3,6,9-14H2,1H3. The zero-order valence-electron chi connectivity index (χ0n) is 13.3. The number of carbonyl (C=O) groups is 1. The van der Waals surface area contributed by atoms with E-state index in [9.17, 15) is 4.79 Å². The molecule has 2 fully saturated rings. The number of ether oxygens (including phenoxy) is 1. The van der Waals surface area contributed by atoms with Gasteiger partial charge in [0.05, 0.1) is 0 Å². The monoisotopic (exact) mass is 303 g/mol. The van der Waals surface area contributed by atoms with Gasteiger partial charge >= 0.3 is 0 Å². The van der Waals surface area contributed by atoms with Crippen molar-refractivity contribution in [3.8, 4) is 0 Å². The van der Waals surface area contributed by atoms with Crippen molar-refractivity contribution in [2.45, 2.75) is 38.3 Å². The van der Waals surface area contributed by atoms with Crippen LogP contribution in [0.4, 0.5) is 0 Å². The average Bonchev–Trinajstić information content (AvgIpc) is 2.86. The third kappa shape index (κ3) is 3.47. The molecule has 0 N–H and O–H groups in total. The summed E-state index contributed by atoms with van der Waals surface area (Å²) < 4.78 is 5.71. The zero-order chi connectivity index (χ0) is 15.4. The molecular weight excluding hydrogens is 278 g/mol. The fourth-order valence-corrected chi connectivity index (χ4v) is 3.36. The van der Waals surface area contributed by atoms with Crippen LogP contribution < -0.4 is 0 Å². The van der Waals surface area contributed by atoms with Crippen LogP contribution in [0, 0.1) is 0 Å². The highest BCUT2D eigenvalue weighted by Crippen LogP contribution is 2.27. The van der Waals surface area contributed by atoms with E-state index in [0.717, 1.165) is 52.0 Å². The van der Waals surface area contributed by atoms with Crippen molar-refractivity contribution in [2.75, 3.05) is 32.8 Å². The predicted octanol–water partition coefficient (Wildman–Crippen LogP) is 1.68. The van der Waals surface area contributed by atoms with Crippen molar-refractivity contribution < 1.29 is 9.53 Å². The Morgan fingerprint density at radius 1 is 1.23 bits per heavy atom. The van der Waals surface area contributed by atoms with Crippen LogP contribution >= 0.6 is 0 Å². The molecule has 0 saturated carbocycles. The van der Waals surface area contributed by atoms with Crippen molar-refractivity contribution >= 4 is 5.91 Å². The van der Waals surface area contributed by atoms with Gasteiger partial charge in [-0.3, -0.25) is 14.7 Å². The molecule has 5 heteroatoms. The van der Waals surface area contributed by atoms with Crippen LogP contribution in [0.25, 0.3) is 0 Å². The largest absolute Gasteiger partial charge is 0.365 e. The quantitative estimate of drug-likeness (QED) is 0.852.